The second-order valence-electron chi connectivity index (χ2n) is 5.14. The molecule has 0 saturated carbocycles. The summed E-state index contributed by atoms with van der Waals surface area (Å²) < 4.78 is 39.0. The molecule has 1 aromatic carbocycles. The van der Waals surface area contributed by atoms with Crippen molar-refractivity contribution in [3.63, 3.8) is 0 Å². The molecule has 0 bridgehead atoms. The molecule has 0 radical (unpaired) electrons. The molecular formula is C15H13Cl3F3N3. The van der Waals surface area contributed by atoms with Gasteiger partial charge in [0, 0.05) is 22.0 Å². The molecule has 0 spiro atoms. The summed E-state index contributed by atoms with van der Waals surface area (Å²) in [5.74, 6) is 0. The smallest absolute Gasteiger partial charge is 0.339 e. The summed E-state index contributed by atoms with van der Waals surface area (Å²) in [4.78, 5) is 0. The van der Waals surface area contributed by atoms with Gasteiger partial charge in [-0.1, -0.05) is 34.8 Å². The van der Waals surface area contributed by atoms with Crippen molar-refractivity contribution in [1.82, 2.24) is 4.57 Å². The molecule has 2 aromatic rings. The number of nitrogens with one attached hydrogen (secondary N) is 1. The first-order valence-electron chi connectivity index (χ1n) is 6.75. The van der Waals surface area contributed by atoms with Crippen LogP contribution in [0.3, 0.4) is 0 Å². The van der Waals surface area contributed by atoms with Gasteiger partial charge in [0.15, 0.2) is 0 Å². The highest BCUT2D eigenvalue weighted by atomic mass is 35.5. The third-order valence-electron chi connectivity index (χ3n) is 3.34. The molecule has 0 atom stereocenters. The van der Waals surface area contributed by atoms with Crippen molar-refractivity contribution in [2.45, 2.75) is 26.6 Å². The predicted molar refractivity (Wildman–Crippen MR) is 92.6 cm³/mol. The quantitative estimate of drug-likeness (QED) is 0.491. The molecule has 1 N–H and O–H groups in total. The SMILES string of the molecule is Cc1cc(/C=N/Nc2c(Cl)cc(Cl)cc2Cl)c(C)n1CC(F)(F)F. The van der Waals surface area contributed by atoms with E-state index < -0.39 is 12.7 Å². The van der Waals surface area contributed by atoms with E-state index in [9.17, 15) is 13.2 Å². The highest BCUT2D eigenvalue weighted by molar-refractivity contribution is 6.41. The second kappa shape index (κ2) is 7.25. The largest absolute Gasteiger partial charge is 0.406 e. The first-order chi connectivity index (χ1) is 11.1. The number of aryl methyl sites for hydroxylation is 1. The normalized spacial score (nSPS) is 12.2. The van der Waals surface area contributed by atoms with E-state index in [0.29, 0.717) is 27.7 Å². The number of aromatic nitrogens is 1. The lowest BCUT2D eigenvalue weighted by Crippen LogP contribution is -2.19. The Hall–Kier alpha value is -1.37. The van der Waals surface area contributed by atoms with Crippen molar-refractivity contribution in [2.75, 3.05) is 5.43 Å². The van der Waals surface area contributed by atoms with E-state index in [0.717, 1.165) is 0 Å². The van der Waals surface area contributed by atoms with Crippen LogP contribution in [0.25, 0.3) is 0 Å². The Kier molecular flexibility index (Phi) is 5.73. The van der Waals surface area contributed by atoms with Crippen molar-refractivity contribution in [1.29, 1.82) is 0 Å². The van der Waals surface area contributed by atoms with Crippen LogP contribution in [0.1, 0.15) is 17.0 Å². The van der Waals surface area contributed by atoms with Crippen LogP contribution >= 0.6 is 34.8 Å². The third-order valence-corrected chi connectivity index (χ3v) is 4.15. The minimum Gasteiger partial charge on any atom is -0.339 e. The van der Waals surface area contributed by atoms with Crippen molar-refractivity contribution >= 4 is 46.7 Å². The number of alkyl halides is 3. The summed E-state index contributed by atoms with van der Waals surface area (Å²) in [6.07, 6.45) is -2.87. The van der Waals surface area contributed by atoms with Gasteiger partial charge in [0.2, 0.25) is 0 Å². The fourth-order valence-electron chi connectivity index (χ4n) is 2.20. The number of hydrogen-bond donors (Lipinski definition) is 1. The summed E-state index contributed by atoms with van der Waals surface area (Å²) in [6.45, 7) is 2.17. The van der Waals surface area contributed by atoms with Gasteiger partial charge in [0.25, 0.3) is 0 Å². The maximum absolute atomic E-state index is 12.6. The first kappa shape index (κ1) is 19.0. The number of benzene rings is 1. The molecule has 0 amide bonds. The Morgan fingerprint density at radius 2 is 1.71 bits per heavy atom. The molecule has 0 aliphatic carbocycles. The first-order valence-corrected chi connectivity index (χ1v) is 7.89. The predicted octanol–water partition coefficient (Wildman–Crippen LogP) is 6.07. The van der Waals surface area contributed by atoms with Gasteiger partial charge in [-0.2, -0.15) is 18.3 Å². The maximum Gasteiger partial charge on any atom is 0.406 e. The second-order valence-corrected chi connectivity index (χ2v) is 6.39. The molecule has 24 heavy (non-hydrogen) atoms. The zero-order chi connectivity index (χ0) is 18.1. The van der Waals surface area contributed by atoms with E-state index in [2.05, 4.69) is 10.5 Å². The van der Waals surface area contributed by atoms with Crippen LogP contribution in [0.4, 0.5) is 18.9 Å². The van der Waals surface area contributed by atoms with Gasteiger partial charge in [-0.05, 0) is 32.0 Å². The molecule has 130 valence electrons. The third kappa shape index (κ3) is 4.59. The molecule has 0 aliphatic rings. The molecule has 0 unspecified atom stereocenters. The van der Waals surface area contributed by atoms with Crippen LogP contribution in [0.15, 0.2) is 23.3 Å². The van der Waals surface area contributed by atoms with Crippen molar-refractivity contribution in [2.24, 2.45) is 5.10 Å². The number of halogens is 6. The lowest BCUT2D eigenvalue weighted by molar-refractivity contribution is -0.141. The van der Waals surface area contributed by atoms with E-state index in [1.165, 1.54) is 22.9 Å². The van der Waals surface area contributed by atoms with Crippen LogP contribution in [-0.2, 0) is 6.54 Å². The van der Waals surface area contributed by atoms with Crippen LogP contribution in [0, 0.1) is 13.8 Å². The summed E-state index contributed by atoms with van der Waals surface area (Å²) in [7, 11) is 0. The highest BCUT2D eigenvalue weighted by Gasteiger charge is 2.29. The van der Waals surface area contributed by atoms with E-state index in [1.54, 1.807) is 19.9 Å². The fourth-order valence-corrected chi connectivity index (χ4v) is 3.10. The Morgan fingerprint density at radius 1 is 1.12 bits per heavy atom. The Balaban J connectivity index is 2.20. The van der Waals surface area contributed by atoms with Crippen LogP contribution in [0.5, 0.6) is 0 Å². The van der Waals surface area contributed by atoms with Crippen molar-refractivity contribution < 1.29 is 13.2 Å². The lowest BCUT2D eigenvalue weighted by atomic mass is 10.3. The van der Waals surface area contributed by atoms with Gasteiger partial charge in [-0.3, -0.25) is 5.43 Å². The molecule has 1 heterocycles. The minimum absolute atomic E-state index is 0.284. The van der Waals surface area contributed by atoms with E-state index >= 15 is 0 Å². The van der Waals surface area contributed by atoms with Gasteiger partial charge >= 0.3 is 6.18 Å². The van der Waals surface area contributed by atoms with Gasteiger partial charge in [-0.15, -0.1) is 0 Å². The zero-order valence-electron chi connectivity index (χ0n) is 12.7. The van der Waals surface area contributed by atoms with Crippen molar-refractivity contribution in [3.05, 3.63) is 50.2 Å². The summed E-state index contributed by atoms with van der Waals surface area (Å²) >= 11 is 17.8. The fraction of sp³-hybridized carbons (Fsp3) is 0.267. The molecule has 9 heteroatoms. The summed E-state index contributed by atoms with van der Waals surface area (Å²) in [5, 5.41) is 4.95. The molecule has 0 saturated heterocycles. The van der Waals surface area contributed by atoms with Gasteiger partial charge in [0.05, 0.1) is 21.9 Å². The summed E-state index contributed by atoms with van der Waals surface area (Å²) in [5.41, 5.74) is 4.56. The Labute approximate surface area is 152 Å². The monoisotopic (exact) mass is 397 g/mol. The Morgan fingerprint density at radius 3 is 2.25 bits per heavy atom. The number of rotatable bonds is 4. The number of hydrazone groups is 1. The molecule has 0 aliphatic heterocycles. The highest BCUT2D eigenvalue weighted by Crippen LogP contribution is 2.33. The van der Waals surface area contributed by atoms with Crippen LogP contribution < -0.4 is 5.43 Å². The zero-order valence-corrected chi connectivity index (χ0v) is 14.9. The maximum atomic E-state index is 12.6. The van der Waals surface area contributed by atoms with Crippen LogP contribution in [-0.4, -0.2) is 17.0 Å². The minimum atomic E-state index is -4.29. The van der Waals surface area contributed by atoms with Gasteiger partial charge in [0.1, 0.15) is 6.54 Å². The molecular weight excluding hydrogens is 386 g/mol. The van der Waals surface area contributed by atoms with E-state index in [-0.39, 0.29) is 10.0 Å². The van der Waals surface area contributed by atoms with E-state index in [1.807, 2.05) is 0 Å². The van der Waals surface area contributed by atoms with Gasteiger partial charge in [-0.25, -0.2) is 0 Å². The van der Waals surface area contributed by atoms with Gasteiger partial charge < -0.3 is 4.57 Å². The van der Waals surface area contributed by atoms with Crippen LogP contribution in [0.2, 0.25) is 15.1 Å². The lowest BCUT2D eigenvalue weighted by Gasteiger charge is -2.12. The average Bonchev–Trinajstić information content (AvgIpc) is 2.68. The molecule has 3 nitrogen and oxygen atoms in total. The number of anilines is 1. The topological polar surface area (TPSA) is 29.3 Å². The van der Waals surface area contributed by atoms with Crippen molar-refractivity contribution in [3.8, 4) is 0 Å². The molecule has 2 rings (SSSR count). The van der Waals surface area contributed by atoms with E-state index in [4.69, 9.17) is 34.8 Å². The number of nitrogens with zero attached hydrogens (tertiary/aromatic N) is 2. The molecule has 0 fully saturated rings. The standard InChI is InChI=1S/C15H13Cl3F3N3/c1-8-3-10(9(2)24(8)7-15(19,20)21)6-22-23-14-12(17)4-11(16)5-13(14)18/h3-6,23H,7H2,1-2H3/b22-6+. The summed E-state index contributed by atoms with van der Waals surface area (Å²) in [6, 6.07) is 4.63. The molecule has 1 aromatic heterocycles. The number of hydrogen-bond acceptors (Lipinski definition) is 2. The Bertz CT molecular complexity index is 759. The average molecular weight is 399 g/mol.